The molecule has 1 rings (SSSR count). The van der Waals surface area contributed by atoms with Crippen molar-refractivity contribution in [1.82, 2.24) is 0 Å². The Labute approximate surface area is 134 Å². The van der Waals surface area contributed by atoms with Gasteiger partial charge in [0, 0.05) is 40.2 Å². The molecule has 1 aromatic rings. The van der Waals surface area contributed by atoms with Crippen molar-refractivity contribution in [2.45, 2.75) is 51.9 Å². The second-order valence-corrected chi connectivity index (χ2v) is 11.0. The van der Waals surface area contributed by atoms with E-state index in [1.54, 1.807) is 0 Å². The standard InChI is InChI=1S/C16H28NP.Pd/c1-15(2,3)18(16(4,5)6)14-11-9-13(10-12-14)17(7)8;/h9-12H,1-8H3;. The molecule has 0 unspecified atom stereocenters. The zero-order valence-electron chi connectivity index (χ0n) is 13.5. The predicted octanol–water partition coefficient (Wildman–Crippen LogP) is 4.45. The molecule has 1 nitrogen and oxygen atoms in total. The van der Waals surface area contributed by atoms with Gasteiger partial charge in [-0.3, -0.25) is 0 Å². The molecule has 3 heteroatoms. The minimum atomic E-state index is -0.188. The van der Waals surface area contributed by atoms with Crippen molar-refractivity contribution >= 4 is 18.9 Å². The van der Waals surface area contributed by atoms with Gasteiger partial charge >= 0.3 is 0 Å². The first-order valence-electron chi connectivity index (χ1n) is 6.61. The molecule has 112 valence electrons. The summed E-state index contributed by atoms with van der Waals surface area (Å²) < 4.78 is 0. The van der Waals surface area contributed by atoms with Crippen molar-refractivity contribution < 1.29 is 20.4 Å². The first kappa shape index (κ1) is 19.1. The quantitative estimate of drug-likeness (QED) is 0.548. The molecule has 1 aromatic carbocycles. The average Bonchev–Trinajstić information content (AvgIpc) is 2.13. The normalized spacial score (nSPS) is 12.3. The van der Waals surface area contributed by atoms with Crippen LogP contribution in [0.15, 0.2) is 24.3 Å². The van der Waals surface area contributed by atoms with Crippen molar-refractivity contribution in [1.29, 1.82) is 0 Å². The Morgan fingerprint density at radius 3 is 1.42 bits per heavy atom. The Morgan fingerprint density at radius 1 is 0.789 bits per heavy atom. The molecule has 0 fully saturated rings. The molecule has 0 aromatic heterocycles. The van der Waals surface area contributed by atoms with Crippen molar-refractivity contribution in [3.8, 4) is 0 Å². The maximum Gasteiger partial charge on any atom is 0.0361 e. The van der Waals surface area contributed by atoms with Gasteiger partial charge in [-0.05, 0) is 27.7 Å². The molecule has 0 heterocycles. The van der Waals surface area contributed by atoms with Crippen molar-refractivity contribution in [2.24, 2.45) is 0 Å². The maximum absolute atomic E-state index is 2.36. The van der Waals surface area contributed by atoms with Crippen LogP contribution in [0.2, 0.25) is 0 Å². The van der Waals surface area contributed by atoms with E-state index in [1.165, 1.54) is 11.0 Å². The minimum Gasteiger partial charge on any atom is -0.378 e. The van der Waals surface area contributed by atoms with Crippen LogP contribution in [0.25, 0.3) is 0 Å². The maximum atomic E-state index is 2.36. The summed E-state index contributed by atoms with van der Waals surface area (Å²) in [7, 11) is 3.99. The van der Waals surface area contributed by atoms with E-state index in [-0.39, 0.29) is 28.3 Å². The van der Waals surface area contributed by atoms with E-state index < -0.39 is 0 Å². The van der Waals surface area contributed by atoms with Crippen LogP contribution in [0.4, 0.5) is 5.69 Å². The van der Waals surface area contributed by atoms with Crippen LogP contribution in [0.5, 0.6) is 0 Å². The van der Waals surface area contributed by atoms with E-state index >= 15 is 0 Å². The average molecular weight is 372 g/mol. The number of nitrogens with zero attached hydrogens (tertiary/aromatic N) is 1. The molecule has 0 saturated heterocycles. The number of rotatable bonds is 2. The van der Waals surface area contributed by atoms with Crippen LogP contribution >= 0.6 is 7.92 Å². The van der Waals surface area contributed by atoms with E-state index in [0.717, 1.165) is 0 Å². The molecular weight excluding hydrogens is 344 g/mol. The third kappa shape index (κ3) is 5.19. The fourth-order valence-electron chi connectivity index (χ4n) is 2.68. The van der Waals surface area contributed by atoms with Gasteiger partial charge in [-0.25, -0.2) is 0 Å². The summed E-state index contributed by atoms with van der Waals surface area (Å²) in [6.45, 7) is 14.2. The van der Waals surface area contributed by atoms with E-state index in [2.05, 4.69) is 84.8 Å². The Balaban J connectivity index is 0.00000324. The molecule has 0 amide bonds. The zero-order valence-corrected chi connectivity index (χ0v) is 16.0. The second kappa shape index (κ2) is 6.71. The topological polar surface area (TPSA) is 3.24 Å². The van der Waals surface area contributed by atoms with E-state index in [0.29, 0.717) is 10.3 Å². The van der Waals surface area contributed by atoms with Crippen LogP contribution in [0.3, 0.4) is 0 Å². The number of hydrogen-bond donors (Lipinski definition) is 0. The van der Waals surface area contributed by atoms with Crippen LogP contribution in [-0.2, 0) is 20.4 Å². The van der Waals surface area contributed by atoms with Gasteiger partial charge in [0.25, 0.3) is 0 Å². The van der Waals surface area contributed by atoms with Crippen LogP contribution in [0, 0.1) is 0 Å². The van der Waals surface area contributed by atoms with Gasteiger partial charge in [0.15, 0.2) is 0 Å². The number of anilines is 1. The smallest absolute Gasteiger partial charge is 0.0361 e. The SMILES string of the molecule is CN(C)c1ccc(P(C(C)(C)C)C(C)(C)C)cc1.[Pd]. The van der Waals surface area contributed by atoms with Gasteiger partial charge in [-0.15, -0.1) is 0 Å². The van der Waals surface area contributed by atoms with Gasteiger partial charge in [0.1, 0.15) is 0 Å². The summed E-state index contributed by atoms with van der Waals surface area (Å²) in [6, 6.07) is 9.11. The molecule has 0 spiro atoms. The molecule has 0 radical (unpaired) electrons. The molecular formula is C16H28NPPd. The summed E-state index contributed by atoms with van der Waals surface area (Å²) in [6.07, 6.45) is 0. The molecule has 0 saturated carbocycles. The Hall–Kier alpha value is 0.112. The Kier molecular flexibility index (Phi) is 6.75. The van der Waals surface area contributed by atoms with Crippen LogP contribution in [-0.4, -0.2) is 24.4 Å². The van der Waals surface area contributed by atoms with Gasteiger partial charge in [0.05, 0.1) is 0 Å². The minimum absolute atomic E-state index is 0. The summed E-state index contributed by atoms with van der Waals surface area (Å²) in [5.41, 5.74) is 1.27. The Morgan fingerprint density at radius 2 is 1.16 bits per heavy atom. The summed E-state index contributed by atoms with van der Waals surface area (Å²) in [4.78, 5) is 2.15. The molecule has 0 atom stereocenters. The zero-order chi connectivity index (χ0) is 14.1. The molecule has 19 heavy (non-hydrogen) atoms. The van der Waals surface area contributed by atoms with E-state index in [4.69, 9.17) is 0 Å². The molecule has 0 N–H and O–H groups in total. The Bertz CT molecular complexity index is 371. The second-order valence-electron chi connectivity index (χ2n) is 7.09. The first-order valence-corrected chi connectivity index (χ1v) is 7.95. The molecule has 0 aliphatic heterocycles. The summed E-state index contributed by atoms with van der Waals surface area (Å²) in [5, 5.41) is 2.19. The number of hydrogen-bond acceptors (Lipinski definition) is 1. The van der Waals surface area contributed by atoms with Crippen molar-refractivity contribution in [3.63, 3.8) is 0 Å². The number of benzene rings is 1. The third-order valence-electron chi connectivity index (χ3n) is 2.97. The molecule has 0 aliphatic rings. The largest absolute Gasteiger partial charge is 0.378 e. The predicted molar refractivity (Wildman–Crippen MR) is 86.8 cm³/mol. The van der Waals surface area contributed by atoms with E-state index in [1.807, 2.05) is 0 Å². The summed E-state index contributed by atoms with van der Waals surface area (Å²) in [5.74, 6) is 0. The van der Waals surface area contributed by atoms with Crippen molar-refractivity contribution in [2.75, 3.05) is 19.0 Å². The van der Waals surface area contributed by atoms with Crippen LogP contribution < -0.4 is 10.2 Å². The van der Waals surface area contributed by atoms with E-state index in [9.17, 15) is 0 Å². The first-order chi connectivity index (χ1) is 8.03. The van der Waals surface area contributed by atoms with Gasteiger partial charge in [-0.1, -0.05) is 61.6 Å². The van der Waals surface area contributed by atoms with Gasteiger partial charge in [-0.2, -0.15) is 0 Å². The van der Waals surface area contributed by atoms with Crippen LogP contribution in [0.1, 0.15) is 41.5 Å². The molecule has 0 bridgehead atoms. The van der Waals surface area contributed by atoms with Gasteiger partial charge in [0.2, 0.25) is 0 Å². The fraction of sp³-hybridized carbons (Fsp3) is 0.625. The molecule has 0 aliphatic carbocycles. The fourth-order valence-corrected chi connectivity index (χ4v) is 6.69. The summed E-state index contributed by atoms with van der Waals surface area (Å²) >= 11 is 0. The van der Waals surface area contributed by atoms with Gasteiger partial charge < -0.3 is 4.90 Å². The van der Waals surface area contributed by atoms with Crippen molar-refractivity contribution in [3.05, 3.63) is 24.3 Å². The monoisotopic (exact) mass is 371 g/mol. The third-order valence-corrected chi connectivity index (χ3v) is 6.46.